The van der Waals surface area contributed by atoms with Crippen LogP contribution >= 0.6 is 11.6 Å². The largest absolute Gasteiger partial charge is 0.330 e. The number of hydrogen-bond acceptors (Lipinski definition) is 3. The van der Waals surface area contributed by atoms with E-state index in [1.807, 2.05) is 12.1 Å². The van der Waals surface area contributed by atoms with Crippen LogP contribution in [0, 0.1) is 17.7 Å². The lowest BCUT2D eigenvalue weighted by Crippen LogP contribution is -2.39. The van der Waals surface area contributed by atoms with E-state index in [4.69, 9.17) is 17.3 Å². The predicted octanol–water partition coefficient (Wildman–Crippen LogP) is 7.10. The van der Waals surface area contributed by atoms with Crippen molar-refractivity contribution < 1.29 is 12.8 Å². The summed E-state index contributed by atoms with van der Waals surface area (Å²) in [5, 5.41) is 0.774. The first-order valence-corrected chi connectivity index (χ1v) is 14.9. The van der Waals surface area contributed by atoms with Gasteiger partial charge in [-0.1, -0.05) is 56.0 Å². The van der Waals surface area contributed by atoms with E-state index >= 15 is 0 Å². The molecule has 0 heterocycles. The van der Waals surface area contributed by atoms with E-state index in [2.05, 4.69) is 19.1 Å². The van der Waals surface area contributed by atoms with Gasteiger partial charge < -0.3 is 5.73 Å². The molecule has 34 heavy (non-hydrogen) atoms. The third kappa shape index (κ3) is 7.05. The smallest absolute Gasteiger partial charge is 0.175 e. The molecular weight excluding hydrogens is 469 g/mol. The molecular formula is C28H39ClFNO2S. The number of sulfone groups is 1. The van der Waals surface area contributed by atoms with Gasteiger partial charge in [0, 0.05) is 23.2 Å². The van der Waals surface area contributed by atoms with Gasteiger partial charge in [0.1, 0.15) is 5.82 Å². The molecule has 0 saturated heterocycles. The quantitative estimate of drug-likeness (QED) is 0.353. The molecule has 3 rings (SSSR count). The summed E-state index contributed by atoms with van der Waals surface area (Å²) in [6.07, 6.45) is 11.9. The summed E-state index contributed by atoms with van der Waals surface area (Å²) >= 11 is 6.26. The zero-order valence-electron chi connectivity index (χ0n) is 20.5. The Morgan fingerprint density at radius 3 is 2.50 bits per heavy atom. The van der Waals surface area contributed by atoms with E-state index in [9.17, 15) is 12.8 Å². The van der Waals surface area contributed by atoms with Crippen LogP contribution in [0.15, 0.2) is 47.4 Å². The van der Waals surface area contributed by atoms with E-state index < -0.39 is 15.7 Å². The van der Waals surface area contributed by atoms with Crippen molar-refractivity contribution in [1.29, 1.82) is 0 Å². The van der Waals surface area contributed by atoms with Crippen LogP contribution in [-0.4, -0.2) is 21.2 Å². The molecule has 2 N–H and O–H groups in total. The fourth-order valence-electron chi connectivity index (χ4n) is 5.82. The number of nitrogens with two attached hydrogens (primary N) is 1. The highest BCUT2D eigenvalue weighted by atomic mass is 35.5. The topological polar surface area (TPSA) is 60.2 Å². The monoisotopic (exact) mass is 507 g/mol. The van der Waals surface area contributed by atoms with Crippen LogP contribution in [0.5, 0.6) is 0 Å². The van der Waals surface area contributed by atoms with Crippen LogP contribution in [0.4, 0.5) is 4.39 Å². The first-order valence-electron chi connectivity index (χ1n) is 12.6. The van der Waals surface area contributed by atoms with Crippen LogP contribution in [0.25, 0.3) is 0 Å². The number of hydrogen-bond donors (Lipinski definition) is 1. The van der Waals surface area contributed by atoms with Gasteiger partial charge in [-0.3, -0.25) is 0 Å². The Morgan fingerprint density at radius 2 is 1.88 bits per heavy atom. The molecule has 0 aliphatic heterocycles. The van der Waals surface area contributed by atoms with Gasteiger partial charge in [-0.15, -0.1) is 0 Å². The lowest BCUT2D eigenvalue weighted by Gasteiger charge is -2.41. The van der Waals surface area contributed by atoms with Crippen molar-refractivity contribution in [3.05, 3.63) is 64.4 Å². The first kappa shape index (κ1) is 27.2. The van der Waals surface area contributed by atoms with Crippen molar-refractivity contribution in [2.24, 2.45) is 17.6 Å². The van der Waals surface area contributed by atoms with Crippen molar-refractivity contribution in [2.45, 2.75) is 81.4 Å². The van der Waals surface area contributed by atoms with Crippen LogP contribution in [0.1, 0.15) is 75.8 Å². The highest BCUT2D eigenvalue weighted by Crippen LogP contribution is 2.44. The Labute approximate surface area is 210 Å². The maximum Gasteiger partial charge on any atom is 0.175 e. The highest BCUT2D eigenvalue weighted by molar-refractivity contribution is 7.90. The molecule has 2 aromatic carbocycles. The van der Waals surface area contributed by atoms with Gasteiger partial charge in [0.05, 0.1) is 4.90 Å². The van der Waals surface area contributed by atoms with Gasteiger partial charge in [-0.05, 0) is 92.2 Å². The van der Waals surface area contributed by atoms with Crippen LogP contribution in [-0.2, 0) is 21.7 Å². The molecule has 0 aromatic heterocycles. The van der Waals surface area contributed by atoms with Gasteiger partial charge in [-0.2, -0.15) is 0 Å². The molecule has 6 heteroatoms. The third-order valence-electron chi connectivity index (χ3n) is 7.74. The summed E-state index contributed by atoms with van der Waals surface area (Å²) < 4.78 is 37.8. The van der Waals surface area contributed by atoms with E-state index in [0.717, 1.165) is 55.0 Å². The summed E-state index contributed by atoms with van der Waals surface area (Å²) in [5.74, 6) is 0.832. The summed E-state index contributed by atoms with van der Waals surface area (Å²) in [7, 11) is -3.44. The van der Waals surface area contributed by atoms with Gasteiger partial charge in [0.25, 0.3) is 0 Å². The molecule has 1 unspecified atom stereocenters. The number of benzene rings is 2. The maximum absolute atomic E-state index is 13.6. The van der Waals surface area contributed by atoms with Gasteiger partial charge >= 0.3 is 0 Å². The van der Waals surface area contributed by atoms with E-state index in [1.54, 1.807) is 6.07 Å². The summed E-state index contributed by atoms with van der Waals surface area (Å²) in [6.45, 7) is 2.88. The lowest BCUT2D eigenvalue weighted by molar-refractivity contribution is 0.199. The second kappa shape index (κ2) is 12.0. The Morgan fingerprint density at radius 1 is 1.15 bits per heavy atom. The molecule has 0 radical (unpaired) electrons. The molecule has 0 bridgehead atoms. The molecule has 1 aliphatic carbocycles. The second-order valence-corrected chi connectivity index (χ2v) is 12.7. The Hall–Kier alpha value is -1.43. The minimum Gasteiger partial charge on any atom is -0.330 e. The SMILES string of the molecule is CCCC(CCCc1ccc(F)cc1S(C)(=O)=O)CC1CCC(CN)(c2cccc(Cl)c2)CC1. The number of rotatable bonds is 11. The van der Waals surface area contributed by atoms with E-state index in [-0.39, 0.29) is 10.3 Å². The lowest BCUT2D eigenvalue weighted by atomic mass is 9.65. The Kier molecular flexibility index (Phi) is 9.59. The summed E-state index contributed by atoms with van der Waals surface area (Å²) in [4.78, 5) is 0.131. The third-order valence-corrected chi connectivity index (χ3v) is 9.15. The Balaban J connectivity index is 1.57. The molecule has 1 fully saturated rings. The molecule has 188 valence electrons. The fourth-order valence-corrected chi connectivity index (χ4v) is 6.98. The normalized spacial score (nSPS) is 22.0. The van der Waals surface area contributed by atoms with Crippen molar-refractivity contribution in [2.75, 3.05) is 12.8 Å². The molecule has 3 nitrogen and oxygen atoms in total. The molecule has 1 aliphatic rings. The molecule has 0 spiro atoms. The number of aryl methyl sites for hydroxylation is 1. The summed E-state index contributed by atoms with van der Waals surface area (Å²) in [5.41, 5.74) is 8.31. The average molecular weight is 508 g/mol. The Bertz CT molecular complexity index is 1050. The highest BCUT2D eigenvalue weighted by Gasteiger charge is 2.36. The predicted molar refractivity (Wildman–Crippen MR) is 140 cm³/mol. The van der Waals surface area contributed by atoms with E-state index in [0.29, 0.717) is 24.8 Å². The van der Waals surface area contributed by atoms with Crippen LogP contribution in [0.3, 0.4) is 0 Å². The van der Waals surface area contributed by atoms with Gasteiger partial charge in [0.15, 0.2) is 9.84 Å². The molecule has 1 saturated carbocycles. The van der Waals surface area contributed by atoms with Crippen LogP contribution in [0.2, 0.25) is 5.02 Å². The molecule has 0 amide bonds. The van der Waals surface area contributed by atoms with Crippen molar-refractivity contribution in [3.63, 3.8) is 0 Å². The molecule has 2 aromatic rings. The second-order valence-electron chi connectivity index (χ2n) is 10.2. The fraction of sp³-hybridized carbons (Fsp3) is 0.571. The van der Waals surface area contributed by atoms with Crippen LogP contribution < -0.4 is 5.73 Å². The van der Waals surface area contributed by atoms with Crippen molar-refractivity contribution in [1.82, 2.24) is 0 Å². The van der Waals surface area contributed by atoms with Gasteiger partial charge in [0.2, 0.25) is 0 Å². The minimum atomic E-state index is -3.44. The average Bonchev–Trinajstić information content (AvgIpc) is 2.80. The minimum absolute atomic E-state index is 0.0340. The zero-order chi connectivity index (χ0) is 24.8. The standard InChI is InChI=1S/C28H39ClFNO2S/c1-3-6-21(7-4-8-23-11-12-26(30)19-27(23)34(2,32)33)17-22-13-15-28(20-31,16-14-22)24-9-5-10-25(29)18-24/h5,9-12,18-19,21-22H,3-4,6-8,13-17,20,31H2,1-2H3. The van der Waals surface area contributed by atoms with E-state index in [1.165, 1.54) is 37.3 Å². The van der Waals surface area contributed by atoms with Gasteiger partial charge in [-0.25, -0.2) is 12.8 Å². The zero-order valence-corrected chi connectivity index (χ0v) is 22.1. The summed E-state index contributed by atoms with van der Waals surface area (Å²) in [6, 6.07) is 12.3. The molecule has 1 atom stereocenters. The maximum atomic E-state index is 13.6. The number of halogens is 2. The van der Waals surface area contributed by atoms with Crippen molar-refractivity contribution in [3.8, 4) is 0 Å². The first-order chi connectivity index (χ1) is 16.2. The van der Waals surface area contributed by atoms with Crippen molar-refractivity contribution >= 4 is 21.4 Å².